The molecule has 0 aliphatic carbocycles. The molecule has 0 atom stereocenters. The molecule has 33 heavy (non-hydrogen) atoms. The van der Waals surface area contributed by atoms with Gasteiger partial charge in [0.1, 0.15) is 19.0 Å². The summed E-state index contributed by atoms with van der Waals surface area (Å²) in [5.74, 6) is 1.76. The van der Waals surface area contributed by atoms with E-state index in [1.54, 1.807) is 18.1 Å². The lowest BCUT2D eigenvalue weighted by atomic mass is 10.1. The van der Waals surface area contributed by atoms with Crippen molar-refractivity contribution in [2.75, 3.05) is 25.2 Å². The van der Waals surface area contributed by atoms with Gasteiger partial charge in [0, 0.05) is 0 Å². The van der Waals surface area contributed by atoms with Gasteiger partial charge in [0.05, 0.1) is 22.2 Å². The molecule has 3 aromatic rings. The Morgan fingerprint density at radius 1 is 1.00 bits per heavy atom. The van der Waals surface area contributed by atoms with Gasteiger partial charge < -0.3 is 14.2 Å². The number of rotatable bonds is 8. The van der Waals surface area contributed by atoms with E-state index in [2.05, 4.69) is 15.9 Å². The Labute approximate surface area is 210 Å². The third-order valence-corrected chi connectivity index (χ3v) is 6.59. The maximum absolute atomic E-state index is 13.0. The van der Waals surface area contributed by atoms with Crippen molar-refractivity contribution in [3.63, 3.8) is 0 Å². The van der Waals surface area contributed by atoms with Crippen molar-refractivity contribution in [3.05, 3.63) is 87.7 Å². The number of ether oxygens (including phenoxy) is 3. The van der Waals surface area contributed by atoms with Gasteiger partial charge in [-0.25, -0.2) is 0 Å². The molecule has 0 N–H and O–H groups in total. The van der Waals surface area contributed by atoms with E-state index < -0.39 is 0 Å². The van der Waals surface area contributed by atoms with Gasteiger partial charge >= 0.3 is 0 Å². The molecule has 0 radical (unpaired) electrons. The highest BCUT2D eigenvalue weighted by Gasteiger charge is 2.33. The predicted octanol–water partition coefficient (Wildman–Crippen LogP) is 6.32. The molecule has 1 aliphatic rings. The first-order valence-corrected chi connectivity index (χ1v) is 12.1. The zero-order valence-electron chi connectivity index (χ0n) is 17.7. The number of benzene rings is 3. The minimum atomic E-state index is -0.148. The summed E-state index contributed by atoms with van der Waals surface area (Å²) >= 11 is 10.3. The number of thioether (sulfide) groups is 1. The van der Waals surface area contributed by atoms with Crippen LogP contribution in [0.25, 0.3) is 6.08 Å². The first-order valence-electron chi connectivity index (χ1n) is 10.1. The van der Waals surface area contributed by atoms with E-state index in [4.69, 9.17) is 26.4 Å². The number of halogens is 1. The van der Waals surface area contributed by atoms with Crippen LogP contribution in [0.5, 0.6) is 17.2 Å². The summed E-state index contributed by atoms with van der Waals surface area (Å²) in [6.45, 7) is 0.738. The normalized spacial score (nSPS) is 14.6. The molecule has 4 rings (SSSR count). The summed E-state index contributed by atoms with van der Waals surface area (Å²) in [6.07, 6.45) is 1.80. The number of anilines is 1. The molecule has 1 heterocycles. The molecule has 0 aromatic heterocycles. The molecule has 0 unspecified atom stereocenters. The topological polar surface area (TPSA) is 48.0 Å². The Balaban J connectivity index is 1.48. The highest BCUT2D eigenvalue weighted by molar-refractivity contribution is 9.10. The number of amides is 1. The van der Waals surface area contributed by atoms with E-state index in [-0.39, 0.29) is 5.91 Å². The Bertz CT molecular complexity index is 1190. The smallest absolute Gasteiger partial charge is 0.270 e. The fourth-order valence-corrected chi connectivity index (χ4v) is 5.08. The maximum Gasteiger partial charge on any atom is 0.270 e. The number of hydrogen-bond donors (Lipinski definition) is 0. The van der Waals surface area contributed by atoms with Crippen LogP contribution in [0.2, 0.25) is 0 Å². The number of nitrogens with zero attached hydrogens (tertiary/aromatic N) is 1. The minimum Gasteiger partial charge on any atom is -0.493 e. The fourth-order valence-electron chi connectivity index (χ4n) is 3.20. The number of thiocarbonyl (C=S) groups is 1. The molecular weight excluding hydrogens is 522 g/mol. The van der Waals surface area contributed by atoms with Gasteiger partial charge in [0.15, 0.2) is 15.8 Å². The Hall–Kier alpha value is -2.81. The number of hydrogen-bond acceptors (Lipinski definition) is 6. The second-order valence-corrected chi connectivity index (χ2v) is 9.43. The lowest BCUT2D eigenvalue weighted by Gasteiger charge is -2.14. The largest absolute Gasteiger partial charge is 0.493 e. The number of methoxy groups -OCH3 is 1. The lowest BCUT2D eigenvalue weighted by Crippen LogP contribution is -2.27. The molecule has 1 aliphatic heterocycles. The summed E-state index contributed by atoms with van der Waals surface area (Å²) < 4.78 is 18.3. The van der Waals surface area contributed by atoms with Crippen molar-refractivity contribution in [3.8, 4) is 17.2 Å². The maximum atomic E-state index is 13.0. The van der Waals surface area contributed by atoms with Crippen molar-refractivity contribution in [2.24, 2.45) is 0 Å². The molecule has 3 aromatic carbocycles. The quantitative estimate of drug-likeness (QED) is 0.189. The third-order valence-electron chi connectivity index (χ3n) is 4.70. The van der Waals surface area contributed by atoms with Crippen LogP contribution >= 0.6 is 39.9 Å². The van der Waals surface area contributed by atoms with Crippen molar-refractivity contribution in [2.45, 2.75) is 0 Å². The molecule has 0 bridgehead atoms. The van der Waals surface area contributed by atoms with Crippen LogP contribution in [-0.2, 0) is 4.79 Å². The number of carbonyl (C=O) groups is 1. The summed E-state index contributed by atoms with van der Waals surface area (Å²) in [7, 11) is 1.58. The molecule has 1 fully saturated rings. The first kappa shape index (κ1) is 23.4. The van der Waals surface area contributed by atoms with Gasteiger partial charge in [-0.15, -0.1) is 0 Å². The highest BCUT2D eigenvalue weighted by atomic mass is 79.9. The highest BCUT2D eigenvalue weighted by Crippen LogP contribution is 2.40. The minimum absolute atomic E-state index is 0.148. The third kappa shape index (κ3) is 5.58. The molecule has 1 amide bonds. The van der Waals surface area contributed by atoms with Crippen LogP contribution in [0.15, 0.2) is 82.2 Å². The van der Waals surface area contributed by atoms with Gasteiger partial charge in [-0.05, 0) is 64.0 Å². The van der Waals surface area contributed by atoms with Crippen molar-refractivity contribution >= 4 is 61.9 Å². The summed E-state index contributed by atoms with van der Waals surface area (Å²) in [5.41, 5.74) is 1.55. The zero-order chi connectivity index (χ0) is 23.2. The SMILES string of the molecule is COc1cc(C=C2SC(=S)N(c3ccccc3)C2=O)cc(Br)c1OCCOc1ccccc1. The average molecular weight is 542 g/mol. The van der Waals surface area contributed by atoms with Gasteiger partial charge in [-0.1, -0.05) is 60.4 Å². The number of carbonyl (C=O) groups excluding carboxylic acids is 1. The Morgan fingerprint density at radius 3 is 2.36 bits per heavy atom. The van der Waals surface area contributed by atoms with E-state index in [1.165, 1.54) is 11.8 Å². The van der Waals surface area contributed by atoms with E-state index in [1.807, 2.05) is 72.8 Å². The first-order chi connectivity index (χ1) is 16.1. The second kappa shape index (κ2) is 10.9. The standard InChI is InChI=1S/C25H20BrNO4S2/c1-29-21-15-17(14-20(26)23(21)31-13-12-30-19-10-6-3-7-11-19)16-22-24(28)27(25(32)33-22)18-8-4-2-5-9-18/h2-11,14-16H,12-13H2,1H3. The van der Waals surface area contributed by atoms with Gasteiger partial charge in [0.25, 0.3) is 5.91 Å². The Morgan fingerprint density at radius 2 is 1.67 bits per heavy atom. The molecular formula is C25H20BrNO4S2. The predicted molar refractivity (Wildman–Crippen MR) is 140 cm³/mol. The number of para-hydroxylation sites is 2. The molecule has 0 saturated carbocycles. The van der Waals surface area contributed by atoms with Crippen LogP contribution in [0.3, 0.4) is 0 Å². The van der Waals surface area contributed by atoms with Gasteiger partial charge in [-0.2, -0.15) is 0 Å². The van der Waals surface area contributed by atoms with E-state index in [9.17, 15) is 4.79 Å². The molecule has 0 spiro atoms. The van der Waals surface area contributed by atoms with Crippen LogP contribution in [-0.4, -0.2) is 30.6 Å². The zero-order valence-corrected chi connectivity index (χ0v) is 20.9. The summed E-state index contributed by atoms with van der Waals surface area (Å²) in [6, 6.07) is 22.7. The second-order valence-electron chi connectivity index (χ2n) is 6.90. The van der Waals surface area contributed by atoms with Gasteiger partial charge in [0.2, 0.25) is 0 Å². The van der Waals surface area contributed by atoms with Crippen molar-refractivity contribution < 1.29 is 19.0 Å². The van der Waals surface area contributed by atoms with Crippen LogP contribution in [0.1, 0.15) is 5.56 Å². The van der Waals surface area contributed by atoms with Crippen LogP contribution < -0.4 is 19.1 Å². The van der Waals surface area contributed by atoms with E-state index in [0.717, 1.165) is 17.0 Å². The van der Waals surface area contributed by atoms with Crippen LogP contribution in [0, 0.1) is 0 Å². The molecule has 1 saturated heterocycles. The van der Waals surface area contributed by atoms with E-state index in [0.29, 0.717) is 38.4 Å². The van der Waals surface area contributed by atoms with Gasteiger partial charge in [-0.3, -0.25) is 9.69 Å². The Kier molecular flexibility index (Phi) is 7.69. The summed E-state index contributed by atoms with van der Waals surface area (Å²) in [4.78, 5) is 15.1. The van der Waals surface area contributed by atoms with E-state index >= 15 is 0 Å². The molecule has 168 valence electrons. The van der Waals surface area contributed by atoms with Crippen LogP contribution in [0.4, 0.5) is 5.69 Å². The molecule has 5 nitrogen and oxygen atoms in total. The monoisotopic (exact) mass is 541 g/mol. The average Bonchev–Trinajstić information content (AvgIpc) is 3.11. The van der Waals surface area contributed by atoms with Crippen molar-refractivity contribution in [1.29, 1.82) is 0 Å². The summed E-state index contributed by atoms with van der Waals surface area (Å²) in [5, 5.41) is 0. The van der Waals surface area contributed by atoms with Crippen molar-refractivity contribution in [1.82, 2.24) is 0 Å². The lowest BCUT2D eigenvalue weighted by molar-refractivity contribution is -0.113. The fraction of sp³-hybridized carbons (Fsp3) is 0.120. The molecule has 8 heteroatoms.